The Hall–Kier alpha value is -3.12. The van der Waals surface area contributed by atoms with Crippen molar-refractivity contribution in [3.8, 4) is 16.9 Å². The number of nitrogens with zero attached hydrogens (tertiary/aromatic N) is 1. The van der Waals surface area contributed by atoms with Crippen LogP contribution in [0.15, 0.2) is 65.4 Å². The van der Waals surface area contributed by atoms with Crippen LogP contribution in [0.4, 0.5) is 0 Å². The molecule has 33 heavy (non-hydrogen) atoms. The van der Waals surface area contributed by atoms with E-state index in [4.69, 9.17) is 11.2 Å². The van der Waals surface area contributed by atoms with E-state index in [0.29, 0.717) is 43.7 Å². The molecule has 1 heterocycles. The molecule has 1 aliphatic rings. The van der Waals surface area contributed by atoms with Crippen molar-refractivity contribution in [1.82, 2.24) is 4.90 Å². The molecule has 1 aromatic heterocycles. The molecule has 1 fully saturated rings. The molecule has 5 nitrogen and oxygen atoms in total. The van der Waals surface area contributed by atoms with Crippen LogP contribution in [0.3, 0.4) is 0 Å². The number of benzene rings is 2. The fourth-order valence-electron chi connectivity index (χ4n) is 3.73. The number of para-hydroxylation sites is 1. The van der Waals surface area contributed by atoms with E-state index in [9.17, 15) is 9.59 Å². The van der Waals surface area contributed by atoms with Crippen LogP contribution >= 0.6 is 11.3 Å². The first kappa shape index (κ1) is 21.7. The summed E-state index contributed by atoms with van der Waals surface area (Å²) in [5.41, 5.74) is 3.65. The number of rotatable bonds is 12. The highest BCUT2D eigenvalue weighted by molar-refractivity contribution is 7.08. The third kappa shape index (κ3) is 6.45. The molecule has 0 radical (unpaired) electrons. The zero-order valence-corrected chi connectivity index (χ0v) is 19.4. The zero-order valence-electron chi connectivity index (χ0n) is 19.5. The van der Waals surface area contributed by atoms with Crippen LogP contribution in [0.2, 0.25) is 0 Å². The molecule has 4 rings (SSSR count). The maximum atomic E-state index is 13.5. The van der Waals surface area contributed by atoms with Gasteiger partial charge in [-0.3, -0.25) is 9.59 Å². The van der Waals surface area contributed by atoms with Gasteiger partial charge in [-0.05, 0) is 78.3 Å². The molecule has 0 bridgehead atoms. The van der Waals surface area contributed by atoms with E-state index < -0.39 is 12.0 Å². The average molecular weight is 465 g/mol. The van der Waals surface area contributed by atoms with Crippen molar-refractivity contribution in [2.45, 2.75) is 51.1 Å². The minimum absolute atomic E-state index is 0.146. The van der Waals surface area contributed by atoms with E-state index in [1.165, 1.54) is 0 Å². The Morgan fingerprint density at radius 1 is 1.03 bits per heavy atom. The summed E-state index contributed by atoms with van der Waals surface area (Å²) in [5.74, 6) is -0.218. The number of hydrogen-bond acceptors (Lipinski definition) is 4. The predicted octanol–water partition coefficient (Wildman–Crippen LogP) is 6.24. The first-order valence-electron chi connectivity index (χ1n) is 11.8. The smallest absolute Gasteiger partial charge is 0.303 e. The van der Waals surface area contributed by atoms with Crippen LogP contribution in [0, 0.1) is 0 Å². The Morgan fingerprint density at radius 2 is 1.82 bits per heavy atom. The molecule has 0 unspecified atom stereocenters. The number of hydrogen-bond donors (Lipinski definition) is 1. The molecule has 1 amide bonds. The Bertz CT molecular complexity index is 1110. The van der Waals surface area contributed by atoms with Crippen molar-refractivity contribution in [1.29, 1.82) is 0 Å². The quantitative estimate of drug-likeness (QED) is 0.322. The first-order chi connectivity index (χ1) is 16.5. The van der Waals surface area contributed by atoms with Crippen molar-refractivity contribution < 1.29 is 20.8 Å². The minimum Gasteiger partial charge on any atom is -0.493 e. The molecule has 0 saturated heterocycles. The van der Waals surface area contributed by atoms with E-state index in [0.717, 1.165) is 29.5 Å². The van der Waals surface area contributed by atoms with Crippen LogP contribution in [-0.2, 0) is 11.3 Å². The molecular formula is C27H29NO4S. The van der Waals surface area contributed by atoms with Crippen molar-refractivity contribution >= 4 is 23.2 Å². The number of ether oxygens (including phenoxy) is 1. The van der Waals surface area contributed by atoms with E-state index in [-0.39, 0.29) is 12.3 Å². The third-order valence-corrected chi connectivity index (χ3v) is 6.36. The SMILES string of the molecule is [2H]C1(N(Cc2ccccc2OCCCCCC(=O)O)C(=O)c2ccc(-c3ccsc3)cc2)CC1. The van der Waals surface area contributed by atoms with Gasteiger partial charge in [0.15, 0.2) is 0 Å². The van der Waals surface area contributed by atoms with E-state index in [1.807, 2.05) is 53.9 Å². The summed E-state index contributed by atoms with van der Waals surface area (Å²) in [5, 5.41) is 12.9. The molecule has 1 saturated carbocycles. The van der Waals surface area contributed by atoms with Gasteiger partial charge in [0.25, 0.3) is 5.91 Å². The standard InChI is InChI=1S/C27H29NO4S/c29-26(30)8-2-1-5-16-32-25-7-4-3-6-22(25)18-28(24-13-14-24)27(31)21-11-9-20(10-12-21)23-15-17-33-19-23/h3-4,6-7,9-12,15,17,19,24H,1-2,5,8,13-14,16,18H2,(H,29,30)/i24D. The predicted molar refractivity (Wildman–Crippen MR) is 131 cm³/mol. The number of carboxylic acids is 1. The first-order valence-corrected chi connectivity index (χ1v) is 12.3. The zero-order chi connectivity index (χ0) is 24.0. The summed E-state index contributed by atoms with van der Waals surface area (Å²) in [7, 11) is 0. The maximum Gasteiger partial charge on any atom is 0.303 e. The van der Waals surface area contributed by atoms with Crippen molar-refractivity contribution in [3.63, 3.8) is 0 Å². The Morgan fingerprint density at radius 3 is 2.52 bits per heavy atom. The number of carboxylic acid groups (broad SMARTS) is 1. The van der Waals surface area contributed by atoms with Gasteiger partial charge in [-0.15, -0.1) is 0 Å². The van der Waals surface area contributed by atoms with Crippen molar-refractivity contribution in [2.24, 2.45) is 0 Å². The highest BCUT2D eigenvalue weighted by Gasteiger charge is 2.33. The number of amides is 1. The summed E-state index contributed by atoms with van der Waals surface area (Å²) in [6.45, 7) is 0.796. The van der Waals surface area contributed by atoms with E-state index >= 15 is 0 Å². The Labute approximate surface area is 200 Å². The second-order valence-corrected chi connectivity index (χ2v) is 8.99. The summed E-state index contributed by atoms with van der Waals surface area (Å²) in [6, 6.07) is 16.4. The number of thiophene rings is 1. The number of carbonyl (C=O) groups is 2. The molecule has 1 aliphatic carbocycles. The molecule has 0 atom stereocenters. The lowest BCUT2D eigenvalue weighted by Gasteiger charge is -2.24. The molecule has 0 aliphatic heterocycles. The van der Waals surface area contributed by atoms with Gasteiger partial charge in [0.2, 0.25) is 0 Å². The van der Waals surface area contributed by atoms with Crippen LogP contribution in [-0.4, -0.2) is 34.5 Å². The minimum atomic E-state index is -0.882. The third-order valence-electron chi connectivity index (χ3n) is 5.68. The van der Waals surface area contributed by atoms with Gasteiger partial charge < -0.3 is 14.7 Å². The number of carbonyl (C=O) groups excluding carboxylic acids is 1. The lowest BCUT2D eigenvalue weighted by Crippen LogP contribution is -2.32. The summed E-state index contributed by atoms with van der Waals surface area (Å²) in [6.07, 6.45) is 3.69. The molecule has 2 aromatic carbocycles. The van der Waals surface area contributed by atoms with Crippen molar-refractivity contribution in [2.75, 3.05) is 6.61 Å². The summed E-state index contributed by atoms with van der Waals surface area (Å²) in [4.78, 5) is 25.7. The van der Waals surface area contributed by atoms with Gasteiger partial charge in [0.1, 0.15) is 5.75 Å². The van der Waals surface area contributed by atoms with Crippen LogP contribution < -0.4 is 4.74 Å². The Kier molecular flexibility index (Phi) is 7.33. The molecule has 6 heteroatoms. The van der Waals surface area contributed by atoms with Crippen molar-refractivity contribution in [3.05, 3.63) is 76.5 Å². The highest BCUT2D eigenvalue weighted by atomic mass is 32.1. The van der Waals surface area contributed by atoms with Crippen LogP contribution in [0.1, 0.15) is 55.8 Å². The summed E-state index contributed by atoms with van der Waals surface area (Å²) >= 11 is 1.64. The van der Waals surface area contributed by atoms with Gasteiger partial charge >= 0.3 is 5.97 Å². The van der Waals surface area contributed by atoms with E-state index in [2.05, 4.69) is 11.4 Å². The fraction of sp³-hybridized carbons (Fsp3) is 0.333. The molecular weight excluding hydrogens is 434 g/mol. The number of unbranched alkanes of at least 4 members (excludes halogenated alkanes) is 2. The topological polar surface area (TPSA) is 66.8 Å². The van der Waals surface area contributed by atoms with Crippen LogP contribution in [0.25, 0.3) is 11.1 Å². The molecule has 1 N–H and O–H groups in total. The normalized spacial score (nSPS) is 14.4. The monoisotopic (exact) mass is 464 g/mol. The van der Waals surface area contributed by atoms with Gasteiger partial charge in [-0.1, -0.05) is 30.3 Å². The number of aliphatic carboxylic acids is 1. The average Bonchev–Trinajstić information content (AvgIpc) is 3.35. The fourth-order valence-corrected chi connectivity index (χ4v) is 4.39. The largest absolute Gasteiger partial charge is 0.493 e. The maximum absolute atomic E-state index is 13.5. The molecule has 0 spiro atoms. The van der Waals surface area contributed by atoms with E-state index in [1.54, 1.807) is 16.2 Å². The van der Waals surface area contributed by atoms with Gasteiger partial charge in [-0.2, -0.15) is 11.3 Å². The molecule has 3 aromatic rings. The highest BCUT2D eigenvalue weighted by Crippen LogP contribution is 2.32. The lowest BCUT2D eigenvalue weighted by molar-refractivity contribution is -0.137. The van der Waals surface area contributed by atoms with Gasteiger partial charge in [0.05, 0.1) is 7.98 Å². The summed E-state index contributed by atoms with van der Waals surface area (Å²) < 4.78 is 14.7. The van der Waals surface area contributed by atoms with Crippen LogP contribution in [0.5, 0.6) is 5.75 Å². The lowest BCUT2D eigenvalue weighted by atomic mass is 10.1. The second kappa shape index (κ2) is 11.1. The molecule has 172 valence electrons. The van der Waals surface area contributed by atoms with Gasteiger partial charge in [-0.25, -0.2) is 0 Å². The second-order valence-electron chi connectivity index (χ2n) is 8.21. The van der Waals surface area contributed by atoms with Gasteiger partial charge in [0, 0.05) is 30.1 Å². The Balaban J connectivity index is 1.43.